The summed E-state index contributed by atoms with van der Waals surface area (Å²) in [6, 6.07) is -0.845. The fourth-order valence-corrected chi connectivity index (χ4v) is 11.0. The minimum atomic E-state index is -4.35. The van der Waals surface area contributed by atoms with Crippen molar-refractivity contribution >= 4 is 13.7 Å². The average molecular weight is 1110 g/mol. The van der Waals surface area contributed by atoms with Gasteiger partial charge in [-0.2, -0.15) is 0 Å². The number of hydrogen-bond acceptors (Lipinski definition) is 5. The lowest BCUT2D eigenvalue weighted by Gasteiger charge is -2.25. The fraction of sp³-hybridized carbons (Fsp3) is 0.897. The van der Waals surface area contributed by atoms with E-state index in [4.69, 9.17) is 9.05 Å². The number of rotatable bonds is 63. The third kappa shape index (κ3) is 62.2. The van der Waals surface area contributed by atoms with Crippen molar-refractivity contribution in [3.8, 4) is 0 Å². The summed E-state index contributed by atoms with van der Waals surface area (Å²) >= 11 is 0. The normalized spacial score (nSPS) is 13.9. The lowest BCUT2D eigenvalue weighted by molar-refractivity contribution is -0.870. The molecule has 0 rings (SSSR count). The lowest BCUT2D eigenvalue weighted by atomic mass is 10.0. The van der Waals surface area contributed by atoms with Crippen molar-refractivity contribution in [3.63, 3.8) is 0 Å². The number of nitrogens with zero attached hydrogens (tertiary/aromatic N) is 1. The van der Waals surface area contributed by atoms with Crippen molar-refractivity contribution in [3.05, 3.63) is 36.5 Å². The van der Waals surface area contributed by atoms with Gasteiger partial charge in [-0.25, -0.2) is 4.57 Å². The van der Waals surface area contributed by atoms with Crippen molar-refractivity contribution in [1.29, 1.82) is 0 Å². The maximum atomic E-state index is 13.0. The molecule has 8 nitrogen and oxygen atoms in total. The van der Waals surface area contributed by atoms with E-state index in [2.05, 4.69) is 43.5 Å². The number of phosphoric ester groups is 1. The first-order valence-corrected chi connectivity index (χ1v) is 35.4. The van der Waals surface area contributed by atoms with Gasteiger partial charge in [0.05, 0.1) is 39.9 Å². The van der Waals surface area contributed by atoms with Crippen LogP contribution < -0.4 is 5.32 Å². The molecule has 77 heavy (non-hydrogen) atoms. The second-order valence-corrected chi connectivity index (χ2v) is 26.0. The van der Waals surface area contributed by atoms with Crippen LogP contribution in [-0.2, 0) is 18.4 Å². The number of allylic oxidation sites excluding steroid dienone is 5. The second kappa shape index (κ2) is 59.3. The SMILES string of the molecule is CCCCCCC/C=C\C/C=C\CCCCCCCCCCCCCCCCCCCCCCCCCCCC(=O)NC(COP(=O)(O)OCC[N+](C)(C)C)C(O)/C=C/CCCCCCCCCCCCCCCCCC. The number of aliphatic hydroxyl groups excluding tert-OH is 1. The molecule has 0 radical (unpaired) electrons. The van der Waals surface area contributed by atoms with Gasteiger partial charge in [0.2, 0.25) is 5.91 Å². The van der Waals surface area contributed by atoms with Crippen LogP contribution in [-0.4, -0.2) is 73.4 Å². The van der Waals surface area contributed by atoms with Gasteiger partial charge in [-0.15, -0.1) is 0 Å². The first-order chi connectivity index (χ1) is 37.5. The number of quaternary nitrogens is 1. The molecule has 3 atom stereocenters. The van der Waals surface area contributed by atoms with Gasteiger partial charge in [0, 0.05) is 6.42 Å². The van der Waals surface area contributed by atoms with Gasteiger partial charge in [-0.1, -0.05) is 320 Å². The molecule has 0 saturated heterocycles. The predicted octanol–water partition coefficient (Wildman–Crippen LogP) is 21.3. The van der Waals surface area contributed by atoms with E-state index in [1.165, 1.54) is 283 Å². The summed E-state index contributed by atoms with van der Waals surface area (Å²) in [7, 11) is 1.59. The van der Waals surface area contributed by atoms with E-state index in [1.54, 1.807) is 6.08 Å². The molecule has 0 aromatic carbocycles. The molecule has 0 spiro atoms. The molecule has 0 heterocycles. The van der Waals surface area contributed by atoms with Crippen LogP contribution in [0.2, 0.25) is 0 Å². The Morgan fingerprint density at radius 3 is 1.06 bits per heavy atom. The van der Waals surface area contributed by atoms with Crippen LogP contribution >= 0.6 is 7.82 Å². The van der Waals surface area contributed by atoms with Gasteiger partial charge in [0.15, 0.2) is 0 Å². The summed E-state index contributed by atoms with van der Waals surface area (Å²) in [5, 5.41) is 14.0. The number of likely N-dealkylation sites (N-methyl/N-ethyl adjacent to an activating group) is 1. The molecule has 0 aliphatic heterocycles. The number of aliphatic hydroxyl groups is 1. The molecule has 0 bridgehead atoms. The second-order valence-electron chi connectivity index (χ2n) is 24.6. The van der Waals surface area contributed by atoms with E-state index in [1.807, 2.05) is 27.2 Å². The van der Waals surface area contributed by atoms with Crippen LogP contribution in [0.4, 0.5) is 0 Å². The highest BCUT2D eigenvalue weighted by molar-refractivity contribution is 7.47. The maximum absolute atomic E-state index is 13.0. The van der Waals surface area contributed by atoms with Crippen molar-refractivity contribution in [2.45, 2.75) is 353 Å². The Labute approximate surface area is 480 Å². The van der Waals surface area contributed by atoms with Gasteiger partial charge in [-0.05, 0) is 51.4 Å². The molecule has 9 heteroatoms. The Kier molecular flexibility index (Phi) is 58.4. The van der Waals surface area contributed by atoms with Crippen molar-refractivity contribution < 1.29 is 32.9 Å². The summed E-state index contributed by atoms with van der Waals surface area (Å²) in [6.45, 7) is 4.85. The lowest BCUT2D eigenvalue weighted by Crippen LogP contribution is -2.45. The molecule has 0 aromatic rings. The number of carbonyl (C=O) groups excluding carboxylic acids is 1. The molecule has 0 aliphatic rings. The Morgan fingerprint density at radius 2 is 0.740 bits per heavy atom. The van der Waals surface area contributed by atoms with E-state index in [0.29, 0.717) is 17.4 Å². The number of hydrogen-bond donors (Lipinski definition) is 3. The molecule has 1 amide bonds. The monoisotopic (exact) mass is 1110 g/mol. The summed E-state index contributed by atoms with van der Waals surface area (Å²) in [4.78, 5) is 23.4. The van der Waals surface area contributed by atoms with Gasteiger partial charge in [0.25, 0.3) is 0 Å². The number of nitrogens with one attached hydrogen (secondary N) is 1. The standard InChI is InChI=1S/C68H133N2O6P/c1-6-8-10-12-14-16-18-20-22-24-26-27-28-29-30-31-32-33-34-35-36-37-38-39-40-41-42-43-44-46-48-50-52-54-56-58-60-62-68(72)69-66(65-76-77(73,74)75-64-63-70(3,4)5)67(71)61-59-57-55-53-51-49-47-45-25-23-21-19-17-15-13-11-9-7-2/h18,20,24,26,59,61,66-67,71H,6-17,19,21-23,25,27-58,60,62-65H2,1-5H3,(H-,69,72,73,74)/p+1/b20-18-,26-24-,61-59+. The topological polar surface area (TPSA) is 105 Å². The highest BCUT2D eigenvalue weighted by Gasteiger charge is 2.28. The molecule has 3 N–H and O–H groups in total. The van der Waals surface area contributed by atoms with E-state index in [-0.39, 0.29) is 19.1 Å². The first kappa shape index (κ1) is 75.7. The number of unbranched alkanes of at least 4 members (excludes halogenated alkanes) is 46. The minimum absolute atomic E-state index is 0.0639. The third-order valence-electron chi connectivity index (χ3n) is 15.6. The van der Waals surface area contributed by atoms with Crippen LogP contribution in [0.1, 0.15) is 341 Å². The molecule has 0 saturated carbocycles. The highest BCUT2D eigenvalue weighted by Crippen LogP contribution is 2.43. The van der Waals surface area contributed by atoms with Crippen LogP contribution in [0.15, 0.2) is 36.5 Å². The molecule has 3 unspecified atom stereocenters. The van der Waals surface area contributed by atoms with E-state index in [9.17, 15) is 19.4 Å². The Morgan fingerprint density at radius 1 is 0.442 bits per heavy atom. The number of carbonyl (C=O) groups is 1. The molecular formula is C68H134N2O6P+. The quantitative estimate of drug-likeness (QED) is 0.0243. The molecule has 0 aliphatic carbocycles. The Bertz CT molecular complexity index is 1350. The highest BCUT2D eigenvalue weighted by atomic mass is 31.2. The smallest absolute Gasteiger partial charge is 0.387 e. The fourth-order valence-electron chi connectivity index (χ4n) is 10.3. The largest absolute Gasteiger partial charge is 0.472 e. The van der Waals surface area contributed by atoms with Gasteiger partial charge >= 0.3 is 7.82 Å². The van der Waals surface area contributed by atoms with Crippen LogP contribution in [0.5, 0.6) is 0 Å². The minimum Gasteiger partial charge on any atom is -0.387 e. The number of phosphoric acid groups is 1. The van der Waals surface area contributed by atoms with Crippen molar-refractivity contribution in [1.82, 2.24) is 5.32 Å². The summed E-state index contributed by atoms with van der Waals surface area (Å²) in [6.07, 6.45) is 78.6. The first-order valence-electron chi connectivity index (χ1n) is 33.9. The Hall–Kier alpha value is -1.28. The van der Waals surface area contributed by atoms with Crippen molar-refractivity contribution in [2.24, 2.45) is 0 Å². The van der Waals surface area contributed by atoms with Gasteiger partial charge in [0.1, 0.15) is 13.2 Å². The van der Waals surface area contributed by atoms with Crippen LogP contribution in [0, 0.1) is 0 Å². The number of amides is 1. The average Bonchev–Trinajstić information content (AvgIpc) is 3.39. The molecule has 0 aromatic heterocycles. The van der Waals surface area contributed by atoms with Gasteiger partial charge in [-0.3, -0.25) is 13.8 Å². The van der Waals surface area contributed by atoms with Crippen LogP contribution in [0.3, 0.4) is 0 Å². The predicted molar refractivity (Wildman–Crippen MR) is 337 cm³/mol. The summed E-state index contributed by atoms with van der Waals surface area (Å²) < 4.78 is 23.8. The molecular weight excluding hydrogens is 972 g/mol. The molecule has 456 valence electrons. The summed E-state index contributed by atoms with van der Waals surface area (Å²) in [5.74, 6) is -0.170. The van der Waals surface area contributed by atoms with Gasteiger partial charge < -0.3 is 19.8 Å². The third-order valence-corrected chi connectivity index (χ3v) is 16.6. The zero-order chi connectivity index (χ0) is 56.3. The zero-order valence-electron chi connectivity index (χ0n) is 52.2. The zero-order valence-corrected chi connectivity index (χ0v) is 53.1. The van der Waals surface area contributed by atoms with Crippen molar-refractivity contribution in [2.75, 3.05) is 40.9 Å². The van der Waals surface area contributed by atoms with E-state index >= 15 is 0 Å². The van der Waals surface area contributed by atoms with E-state index < -0.39 is 20.0 Å². The van der Waals surface area contributed by atoms with E-state index in [0.717, 1.165) is 38.5 Å². The van der Waals surface area contributed by atoms with Crippen LogP contribution in [0.25, 0.3) is 0 Å². The molecule has 0 fully saturated rings. The summed E-state index contributed by atoms with van der Waals surface area (Å²) in [5.41, 5.74) is 0. The maximum Gasteiger partial charge on any atom is 0.472 e. The Balaban J connectivity index is 3.94.